The van der Waals surface area contributed by atoms with Crippen LogP contribution in [0.2, 0.25) is 0 Å². The first-order valence-electron chi connectivity index (χ1n) is 8.93. The van der Waals surface area contributed by atoms with Gasteiger partial charge < -0.3 is 13.9 Å². The highest BCUT2D eigenvalue weighted by Crippen LogP contribution is 2.33. The maximum Gasteiger partial charge on any atom is 0.374 e. The molecule has 0 spiro atoms. The molecule has 1 fully saturated rings. The van der Waals surface area contributed by atoms with E-state index in [1.807, 2.05) is 31.2 Å². The zero-order valence-corrected chi connectivity index (χ0v) is 16.6. The van der Waals surface area contributed by atoms with Crippen LogP contribution in [0.1, 0.15) is 40.4 Å². The number of benzene rings is 1. The van der Waals surface area contributed by atoms with Gasteiger partial charge in [-0.2, -0.15) is 0 Å². The number of aromatic nitrogens is 2. The summed E-state index contributed by atoms with van der Waals surface area (Å²) in [7, 11) is 0. The third-order valence-corrected chi connectivity index (χ3v) is 6.40. The number of para-hydroxylation sites is 1. The van der Waals surface area contributed by atoms with Gasteiger partial charge in [0.05, 0.1) is 6.10 Å². The van der Waals surface area contributed by atoms with E-state index in [1.165, 1.54) is 11.3 Å². The van der Waals surface area contributed by atoms with Crippen molar-refractivity contribution in [2.24, 2.45) is 0 Å². The number of carbonyl (C=O) groups excluding carboxylic acids is 1. The summed E-state index contributed by atoms with van der Waals surface area (Å²) in [6, 6.07) is 7.65. The molecule has 0 aliphatic carbocycles. The number of carbonyl (C=O) groups is 1. The van der Waals surface area contributed by atoms with Crippen molar-refractivity contribution in [3.05, 3.63) is 40.6 Å². The minimum Gasteiger partial charge on any atom is -0.457 e. The average molecular weight is 405 g/mol. The highest BCUT2D eigenvalue weighted by molar-refractivity contribution is 8.00. The molecule has 1 aliphatic heterocycles. The van der Waals surface area contributed by atoms with Crippen LogP contribution >= 0.6 is 23.1 Å². The predicted molar refractivity (Wildman–Crippen MR) is 104 cm³/mol. The maximum atomic E-state index is 12.7. The fourth-order valence-corrected chi connectivity index (χ4v) is 4.89. The molecule has 3 heterocycles. The zero-order chi connectivity index (χ0) is 18.6. The summed E-state index contributed by atoms with van der Waals surface area (Å²) in [6.45, 7) is 2.92. The summed E-state index contributed by atoms with van der Waals surface area (Å²) in [4.78, 5) is 12.7. The lowest BCUT2D eigenvalue weighted by Gasteiger charge is -2.21. The second kappa shape index (κ2) is 8.41. The van der Waals surface area contributed by atoms with Crippen molar-refractivity contribution in [3.63, 3.8) is 0 Å². The van der Waals surface area contributed by atoms with E-state index in [0.29, 0.717) is 11.3 Å². The van der Waals surface area contributed by atoms with Gasteiger partial charge >= 0.3 is 5.97 Å². The summed E-state index contributed by atoms with van der Waals surface area (Å²) in [6.07, 6.45) is 3.08. The Balaban J connectivity index is 1.52. The summed E-state index contributed by atoms with van der Waals surface area (Å²) in [5.74, 6) is 0.390. The Morgan fingerprint density at radius 2 is 2.22 bits per heavy atom. The van der Waals surface area contributed by atoms with E-state index in [0.717, 1.165) is 46.2 Å². The zero-order valence-electron chi connectivity index (χ0n) is 15.0. The van der Waals surface area contributed by atoms with Crippen LogP contribution in [0.3, 0.4) is 0 Å². The second-order valence-corrected chi connectivity index (χ2v) is 8.77. The number of fused-ring (bicyclic) bond motifs is 1. The average Bonchev–Trinajstić information content (AvgIpc) is 3.28. The van der Waals surface area contributed by atoms with Gasteiger partial charge in [-0.3, -0.25) is 0 Å². The highest BCUT2D eigenvalue weighted by atomic mass is 32.2. The van der Waals surface area contributed by atoms with Gasteiger partial charge in [0.15, 0.2) is 4.34 Å². The normalized spacial score (nSPS) is 17.3. The van der Waals surface area contributed by atoms with Gasteiger partial charge in [0.2, 0.25) is 5.76 Å². The number of rotatable bonds is 6. The molecule has 8 heteroatoms. The van der Waals surface area contributed by atoms with Crippen molar-refractivity contribution in [2.75, 3.05) is 13.2 Å². The van der Waals surface area contributed by atoms with Crippen molar-refractivity contribution in [1.29, 1.82) is 0 Å². The van der Waals surface area contributed by atoms with Crippen LogP contribution in [0, 0.1) is 6.92 Å². The van der Waals surface area contributed by atoms with Crippen LogP contribution in [0.5, 0.6) is 0 Å². The Labute approximate surface area is 165 Å². The number of hydrogen-bond donors (Lipinski definition) is 0. The molecular formula is C19H20N2O4S2. The van der Waals surface area contributed by atoms with Crippen molar-refractivity contribution in [1.82, 2.24) is 10.2 Å². The largest absolute Gasteiger partial charge is 0.457 e. The summed E-state index contributed by atoms with van der Waals surface area (Å²) >= 11 is 3.08. The number of furan rings is 1. The minimum atomic E-state index is -0.440. The van der Waals surface area contributed by atoms with Crippen LogP contribution in [0.4, 0.5) is 0 Å². The predicted octanol–water partition coefficient (Wildman–Crippen LogP) is 4.61. The number of esters is 1. The maximum absolute atomic E-state index is 12.7. The van der Waals surface area contributed by atoms with Crippen LogP contribution in [-0.2, 0) is 15.2 Å². The quantitative estimate of drug-likeness (QED) is 0.439. The van der Waals surface area contributed by atoms with Gasteiger partial charge in [0, 0.05) is 23.3 Å². The van der Waals surface area contributed by atoms with E-state index in [9.17, 15) is 4.79 Å². The summed E-state index contributed by atoms with van der Waals surface area (Å²) in [5, 5.41) is 10.0. The van der Waals surface area contributed by atoms with Crippen LogP contribution < -0.4 is 0 Å². The van der Waals surface area contributed by atoms with Crippen LogP contribution in [0.25, 0.3) is 11.0 Å². The molecular weight excluding hydrogens is 384 g/mol. The molecule has 3 aromatic rings. The van der Waals surface area contributed by atoms with Crippen molar-refractivity contribution < 1.29 is 18.7 Å². The van der Waals surface area contributed by atoms with Crippen LogP contribution in [-0.4, -0.2) is 35.5 Å². The SMILES string of the molecule is Cc1nnc(SCc2c(C(=O)OCC3CCCCO3)oc3ccccc23)s1. The lowest BCUT2D eigenvalue weighted by Crippen LogP contribution is -2.26. The van der Waals surface area contributed by atoms with E-state index < -0.39 is 5.97 Å². The number of nitrogens with zero attached hydrogens (tertiary/aromatic N) is 2. The van der Waals surface area contributed by atoms with Gasteiger partial charge in [-0.05, 0) is 32.3 Å². The Bertz CT molecular complexity index is 931. The fourth-order valence-electron chi connectivity index (χ4n) is 3.05. The molecule has 0 amide bonds. The summed E-state index contributed by atoms with van der Waals surface area (Å²) < 4.78 is 17.8. The molecule has 6 nitrogen and oxygen atoms in total. The van der Waals surface area contributed by atoms with Gasteiger partial charge in [-0.1, -0.05) is 41.3 Å². The molecule has 0 N–H and O–H groups in total. The fraction of sp³-hybridized carbons (Fsp3) is 0.421. The first kappa shape index (κ1) is 18.5. The van der Waals surface area contributed by atoms with E-state index in [2.05, 4.69) is 10.2 Å². The van der Waals surface area contributed by atoms with E-state index in [4.69, 9.17) is 13.9 Å². The molecule has 1 aliphatic rings. The number of thioether (sulfide) groups is 1. The Morgan fingerprint density at radius 3 is 3.00 bits per heavy atom. The van der Waals surface area contributed by atoms with Crippen LogP contribution in [0.15, 0.2) is 33.0 Å². The molecule has 1 saturated heterocycles. The number of aryl methyl sites for hydroxylation is 1. The van der Waals surface area contributed by atoms with Gasteiger partial charge in [-0.15, -0.1) is 10.2 Å². The third-order valence-electron chi connectivity index (χ3n) is 4.41. The van der Waals surface area contributed by atoms with Gasteiger partial charge in [-0.25, -0.2) is 4.79 Å². The molecule has 4 rings (SSSR count). The molecule has 2 aromatic heterocycles. The minimum absolute atomic E-state index is 0.0192. The first-order chi connectivity index (χ1) is 13.2. The summed E-state index contributed by atoms with van der Waals surface area (Å²) in [5.41, 5.74) is 1.51. The molecule has 1 unspecified atom stereocenters. The molecule has 142 valence electrons. The molecule has 0 radical (unpaired) electrons. The molecule has 0 saturated carbocycles. The number of ether oxygens (including phenoxy) is 2. The molecule has 27 heavy (non-hydrogen) atoms. The topological polar surface area (TPSA) is 74.5 Å². The lowest BCUT2D eigenvalue weighted by atomic mass is 10.1. The molecule has 1 atom stereocenters. The third kappa shape index (κ3) is 4.34. The lowest BCUT2D eigenvalue weighted by molar-refractivity contribution is -0.0310. The van der Waals surface area contributed by atoms with E-state index >= 15 is 0 Å². The Kier molecular flexibility index (Phi) is 5.75. The van der Waals surface area contributed by atoms with Crippen molar-refractivity contribution in [3.8, 4) is 0 Å². The number of hydrogen-bond acceptors (Lipinski definition) is 8. The van der Waals surface area contributed by atoms with Gasteiger partial charge in [0.1, 0.15) is 17.2 Å². The monoisotopic (exact) mass is 404 g/mol. The standard InChI is InChI=1S/C19H20N2O4S2/c1-12-20-21-19(27-12)26-11-15-14-7-2-3-8-16(14)25-17(15)18(22)24-10-13-6-4-5-9-23-13/h2-3,7-8,13H,4-6,9-11H2,1H3. The Morgan fingerprint density at radius 1 is 1.33 bits per heavy atom. The first-order valence-corrected chi connectivity index (χ1v) is 10.7. The second-order valence-electron chi connectivity index (χ2n) is 6.37. The van der Waals surface area contributed by atoms with E-state index in [-0.39, 0.29) is 18.5 Å². The Hall–Kier alpha value is -1.90. The smallest absolute Gasteiger partial charge is 0.374 e. The van der Waals surface area contributed by atoms with Gasteiger partial charge in [0.25, 0.3) is 0 Å². The highest BCUT2D eigenvalue weighted by Gasteiger charge is 2.24. The van der Waals surface area contributed by atoms with Crippen molar-refractivity contribution in [2.45, 2.75) is 42.4 Å². The van der Waals surface area contributed by atoms with E-state index in [1.54, 1.807) is 11.8 Å². The molecule has 1 aromatic carbocycles. The van der Waals surface area contributed by atoms with Crippen molar-refractivity contribution >= 4 is 40.0 Å². The molecule has 0 bridgehead atoms.